The molecule has 6 heteroatoms. The van der Waals surface area contributed by atoms with Crippen LogP contribution in [-0.2, 0) is 28.6 Å². The van der Waals surface area contributed by atoms with E-state index in [2.05, 4.69) is 191 Å². The molecule has 0 aliphatic carbocycles. The molecule has 0 bridgehead atoms. The van der Waals surface area contributed by atoms with Gasteiger partial charge in [-0.3, -0.25) is 14.4 Å². The van der Waals surface area contributed by atoms with Gasteiger partial charge >= 0.3 is 17.9 Å². The summed E-state index contributed by atoms with van der Waals surface area (Å²) in [5.74, 6) is -0.992. The molecule has 0 aliphatic rings. The summed E-state index contributed by atoms with van der Waals surface area (Å²) in [5.41, 5.74) is 0. The summed E-state index contributed by atoms with van der Waals surface area (Å²) in [6.45, 7) is 6.23. The van der Waals surface area contributed by atoms with Crippen molar-refractivity contribution in [2.24, 2.45) is 0 Å². The van der Waals surface area contributed by atoms with Gasteiger partial charge in [0.1, 0.15) is 13.2 Å². The van der Waals surface area contributed by atoms with E-state index in [4.69, 9.17) is 14.2 Å². The van der Waals surface area contributed by atoms with E-state index in [9.17, 15) is 14.4 Å². The van der Waals surface area contributed by atoms with Crippen LogP contribution in [0.25, 0.3) is 0 Å². The number of carbonyl (C=O) groups excluding carboxylic acids is 3. The van der Waals surface area contributed by atoms with E-state index < -0.39 is 6.10 Å². The molecule has 0 spiro atoms. The lowest BCUT2D eigenvalue weighted by atomic mass is 10.1. The first-order valence-corrected chi connectivity index (χ1v) is 30.6. The van der Waals surface area contributed by atoms with Gasteiger partial charge in [-0.25, -0.2) is 0 Å². The molecule has 0 rings (SSSR count). The summed E-state index contributed by atoms with van der Waals surface area (Å²) < 4.78 is 16.9. The third kappa shape index (κ3) is 61.5. The van der Waals surface area contributed by atoms with Crippen molar-refractivity contribution in [1.82, 2.24) is 0 Å². The van der Waals surface area contributed by atoms with Crippen molar-refractivity contribution in [3.05, 3.63) is 170 Å². The van der Waals surface area contributed by atoms with E-state index in [1.165, 1.54) is 25.7 Å². The Balaban J connectivity index is 4.56. The van der Waals surface area contributed by atoms with E-state index in [1.54, 1.807) is 0 Å². The second kappa shape index (κ2) is 63.3. The van der Waals surface area contributed by atoms with Crippen molar-refractivity contribution in [2.45, 2.75) is 245 Å². The maximum Gasteiger partial charge on any atom is 0.306 e. The minimum Gasteiger partial charge on any atom is -0.462 e. The molecule has 0 aromatic rings. The average Bonchev–Trinajstić information content (AvgIpc) is 3.43. The smallest absolute Gasteiger partial charge is 0.306 e. The Morgan fingerprint density at radius 3 is 0.753 bits per heavy atom. The number of hydrogen-bond donors (Lipinski definition) is 0. The van der Waals surface area contributed by atoms with Crippen LogP contribution in [0.2, 0.25) is 0 Å². The summed E-state index contributed by atoms with van der Waals surface area (Å²) in [4.78, 5) is 38.3. The quantitative estimate of drug-likeness (QED) is 0.0261. The zero-order valence-electron chi connectivity index (χ0n) is 49.1. The Labute approximate surface area is 472 Å². The van der Waals surface area contributed by atoms with E-state index in [1.807, 2.05) is 0 Å². The van der Waals surface area contributed by atoms with E-state index >= 15 is 0 Å². The van der Waals surface area contributed by atoms with Crippen molar-refractivity contribution in [3.63, 3.8) is 0 Å². The van der Waals surface area contributed by atoms with Gasteiger partial charge in [-0.05, 0) is 148 Å². The second-order valence-corrected chi connectivity index (χ2v) is 19.5. The minimum absolute atomic E-state index is 0.114. The molecule has 1 unspecified atom stereocenters. The van der Waals surface area contributed by atoms with E-state index in [-0.39, 0.29) is 37.5 Å². The van der Waals surface area contributed by atoms with Crippen LogP contribution in [0.15, 0.2) is 170 Å². The predicted octanol–water partition coefficient (Wildman–Crippen LogP) is 21.1. The van der Waals surface area contributed by atoms with Gasteiger partial charge in [0.25, 0.3) is 0 Å². The maximum atomic E-state index is 12.9. The monoisotopic (exact) mass is 1060 g/mol. The molecule has 0 N–H and O–H groups in total. The summed E-state index contributed by atoms with van der Waals surface area (Å²) in [6.07, 6.45) is 93.4. The largest absolute Gasteiger partial charge is 0.462 e. The van der Waals surface area contributed by atoms with Gasteiger partial charge in [0.2, 0.25) is 0 Å². The Morgan fingerprint density at radius 2 is 0.468 bits per heavy atom. The van der Waals surface area contributed by atoms with Gasteiger partial charge in [0, 0.05) is 19.3 Å². The van der Waals surface area contributed by atoms with Crippen LogP contribution in [0.3, 0.4) is 0 Å². The molecule has 0 aliphatic heterocycles. The molecule has 0 radical (unpaired) electrons. The van der Waals surface area contributed by atoms with Gasteiger partial charge in [0.15, 0.2) is 6.10 Å². The van der Waals surface area contributed by atoms with Crippen molar-refractivity contribution >= 4 is 17.9 Å². The van der Waals surface area contributed by atoms with Crippen LogP contribution in [0.1, 0.15) is 239 Å². The molecule has 6 nitrogen and oxygen atoms in total. The Morgan fingerprint density at radius 1 is 0.260 bits per heavy atom. The Bertz CT molecular complexity index is 1790. The first kappa shape index (κ1) is 71.8. The van der Waals surface area contributed by atoms with Crippen LogP contribution in [0.4, 0.5) is 0 Å². The number of esters is 3. The topological polar surface area (TPSA) is 78.9 Å². The molecule has 77 heavy (non-hydrogen) atoms. The van der Waals surface area contributed by atoms with Crippen molar-refractivity contribution in [1.29, 1.82) is 0 Å². The number of ether oxygens (including phenoxy) is 3. The van der Waals surface area contributed by atoms with E-state index in [0.29, 0.717) is 19.3 Å². The summed E-state index contributed by atoms with van der Waals surface area (Å²) in [7, 11) is 0. The third-order valence-electron chi connectivity index (χ3n) is 12.2. The number of hydrogen-bond acceptors (Lipinski definition) is 6. The molecule has 1 atom stereocenters. The van der Waals surface area contributed by atoms with Crippen LogP contribution < -0.4 is 0 Å². The van der Waals surface area contributed by atoms with Crippen molar-refractivity contribution in [3.8, 4) is 0 Å². The van der Waals surface area contributed by atoms with Crippen LogP contribution in [0.5, 0.6) is 0 Å². The fourth-order valence-corrected chi connectivity index (χ4v) is 7.72. The van der Waals surface area contributed by atoms with Gasteiger partial charge in [-0.2, -0.15) is 0 Å². The SMILES string of the molecule is CC/C=C\C/C=C\C/C=C\C/C=C\C/C=C\C/C=C\CCCCC(=O)OCC(COC(=O)CCCCCCCC/C=C\C/C=C\C/C=C\C/C=C\CC)OC(=O)CCCCCCCC/C=C\C/C=C\C/C=C\C/C=C\CC. The highest BCUT2D eigenvalue weighted by atomic mass is 16.6. The summed E-state index contributed by atoms with van der Waals surface area (Å²) in [5, 5.41) is 0. The van der Waals surface area contributed by atoms with Crippen LogP contribution in [-0.4, -0.2) is 37.2 Å². The van der Waals surface area contributed by atoms with Crippen molar-refractivity contribution < 1.29 is 28.6 Å². The standard InChI is InChI=1S/C71H110O6/c1-4-7-10-13-16-19-22-25-28-31-34-35-38-40-43-46-49-52-55-58-61-64-70(73)76-67-68(77-71(74)65-62-59-56-53-50-47-44-41-37-33-30-27-24-21-18-15-12-9-6-3)66-75-69(72)63-60-57-54-51-48-45-42-39-36-32-29-26-23-20-17-14-11-8-5-2/h7-12,16-21,25-30,34-37,39-41,43,49,52,68H,4-6,13-15,22-24,31-33,38,42,44-48,50-51,53-67H2,1-3H3/b10-7-,11-8-,12-9-,19-16-,20-17-,21-18-,28-25-,29-26-,30-27-,35-34-,39-36-,41-37-,43-40-,52-49-. The van der Waals surface area contributed by atoms with Gasteiger partial charge in [-0.15, -0.1) is 0 Å². The normalized spacial score (nSPS) is 13.3. The number of unbranched alkanes of at least 4 members (excludes halogenated alkanes) is 14. The molecule has 0 amide bonds. The van der Waals surface area contributed by atoms with Crippen molar-refractivity contribution in [2.75, 3.05) is 13.2 Å². The molecule has 0 heterocycles. The Kier molecular flexibility index (Phi) is 59.0. The van der Waals surface area contributed by atoms with Gasteiger partial charge in [0.05, 0.1) is 0 Å². The van der Waals surface area contributed by atoms with E-state index in [0.717, 1.165) is 167 Å². The first-order chi connectivity index (χ1) is 38.0. The maximum absolute atomic E-state index is 12.9. The number of allylic oxidation sites excluding steroid dienone is 28. The molecule has 0 fully saturated rings. The molecule has 0 aromatic heterocycles. The zero-order valence-corrected chi connectivity index (χ0v) is 49.1. The van der Waals surface area contributed by atoms with Gasteiger partial charge < -0.3 is 14.2 Å². The molecular weight excluding hydrogens is 949 g/mol. The van der Waals surface area contributed by atoms with Crippen LogP contribution in [0, 0.1) is 0 Å². The number of rotatable bonds is 53. The molecular formula is C71H110O6. The van der Waals surface area contributed by atoms with Gasteiger partial charge in [-0.1, -0.05) is 242 Å². The highest BCUT2D eigenvalue weighted by molar-refractivity contribution is 5.71. The minimum atomic E-state index is -0.821. The zero-order chi connectivity index (χ0) is 55.7. The summed E-state index contributed by atoms with van der Waals surface area (Å²) in [6, 6.07) is 0. The Hall–Kier alpha value is -5.23. The lowest BCUT2D eigenvalue weighted by Gasteiger charge is -2.18. The lowest BCUT2D eigenvalue weighted by Crippen LogP contribution is -2.30. The fraction of sp³-hybridized carbons (Fsp3) is 0.563. The highest BCUT2D eigenvalue weighted by Gasteiger charge is 2.19. The second-order valence-electron chi connectivity index (χ2n) is 19.5. The average molecular weight is 1060 g/mol. The predicted molar refractivity (Wildman–Crippen MR) is 334 cm³/mol. The third-order valence-corrected chi connectivity index (χ3v) is 12.2. The molecule has 0 saturated heterocycles. The molecule has 0 saturated carbocycles. The van der Waals surface area contributed by atoms with Crippen LogP contribution >= 0.6 is 0 Å². The molecule has 430 valence electrons. The summed E-state index contributed by atoms with van der Waals surface area (Å²) >= 11 is 0. The fourth-order valence-electron chi connectivity index (χ4n) is 7.72. The highest BCUT2D eigenvalue weighted by Crippen LogP contribution is 2.13. The number of carbonyl (C=O) groups is 3. The lowest BCUT2D eigenvalue weighted by molar-refractivity contribution is -0.167. The molecule has 0 aromatic carbocycles. The first-order valence-electron chi connectivity index (χ1n) is 30.6.